The van der Waals surface area contributed by atoms with Gasteiger partial charge in [0.1, 0.15) is 0 Å². The first-order valence-electron chi connectivity index (χ1n) is 4.89. The van der Waals surface area contributed by atoms with Crippen molar-refractivity contribution in [3.05, 3.63) is 0 Å². The van der Waals surface area contributed by atoms with Gasteiger partial charge in [-0.15, -0.1) is 0 Å². The molecule has 0 spiro atoms. The van der Waals surface area contributed by atoms with Gasteiger partial charge in [0, 0.05) is 5.25 Å². The Morgan fingerprint density at radius 3 is 2.69 bits per heavy atom. The number of carbonyl (C=O) groups excluding carboxylic acids is 1. The maximum absolute atomic E-state index is 10.9. The first-order chi connectivity index (χ1) is 6.20. The zero-order valence-electron chi connectivity index (χ0n) is 8.84. The number of esters is 1. The number of hydrogen-bond acceptors (Lipinski definition) is 3. The summed E-state index contributed by atoms with van der Waals surface area (Å²) in [4.78, 5) is 10.9. The SMILES string of the molecule is CCCCCSC(C)CC(=O)OC. The molecule has 0 aliphatic rings. The molecule has 0 aliphatic heterocycles. The number of unbranched alkanes of at least 4 members (excludes halogenated alkanes) is 2. The maximum Gasteiger partial charge on any atom is 0.306 e. The topological polar surface area (TPSA) is 26.3 Å². The summed E-state index contributed by atoms with van der Waals surface area (Å²) in [6.45, 7) is 4.27. The van der Waals surface area contributed by atoms with Crippen LogP contribution in [0.15, 0.2) is 0 Å². The molecule has 0 N–H and O–H groups in total. The number of rotatable bonds is 7. The van der Waals surface area contributed by atoms with E-state index in [1.54, 1.807) is 0 Å². The average Bonchev–Trinajstić information content (AvgIpc) is 2.12. The number of carbonyl (C=O) groups is 1. The molecule has 0 bridgehead atoms. The predicted molar refractivity (Wildman–Crippen MR) is 58.1 cm³/mol. The Kier molecular flexibility index (Phi) is 8.30. The van der Waals surface area contributed by atoms with Crippen LogP contribution < -0.4 is 0 Å². The smallest absolute Gasteiger partial charge is 0.306 e. The molecule has 0 heterocycles. The molecule has 0 radical (unpaired) electrons. The Labute approximate surface area is 85.4 Å². The van der Waals surface area contributed by atoms with Crippen LogP contribution in [0.4, 0.5) is 0 Å². The highest BCUT2D eigenvalue weighted by atomic mass is 32.2. The van der Waals surface area contributed by atoms with Gasteiger partial charge >= 0.3 is 5.97 Å². The van der Waals surface area contributed by atoms with E-state index >= 15 is 0 Å². The summed E-state index contributed by atoms with van der Waals surface area (Å²) in [5.74, 6) is 1.06. The molecule has 0 aromatic heterocycles. The van der Waals surface area contributed by atoms with Crippen molar-refractivity contribution < 1.29 is 9.53 Å². The fourth-order valence-corrected chi connectivity index (χ4v) is 2.04. The number of methoxy groups -OCH3 is 1. The molecule has 0 aromatic rings. The minimum Gasteiger partial charge on any atom is -0.469 e. The third-order valence-electron chi connectivity index (χ3n) is 1.83. The van der Waals surface area contributed by atoms with Crippen molar-refractivity contribution in [2.75, 3.05) is 12.9 Å². The Morgan fingerprint density at radius 2 is 2.15 bits per heavy atom. The summed E-state index contributed by atoms with van der Waals surface area (Å²) >= 11 is 1.86. The minimum atomic E-state index is -0.101. The molecule has 0 saturated heterocycles. The van der Waals surface area contributed by atoms with E-state index in [2.05, 4.69) is 18.6 Å². The Hall–Kier alpha value is -0.180. The second kappa shape index (κ2) is 8.42. The van der Waals surface area contributed by atoms with Crippen LogP contribution in [-0.4, -0.2) is 24.1 Å². The first-order valence-corrected chi connectivity index (χ1v) is 5.94. The molecule has 0 aromatic carbocycles. The highest BCUT2D eigenvalue weighted by Crippen LogP contribution is 2.16. The van der Waals surface area contributed by atoms with Crippen molar-refractivity contribution in [1.82, 2.24) is 0 Å². The van der Waals surface area contributed by atoms with Crippen LogP contribution in [0.25, 0.3) is 0 Å². The number of hydrogen-bond donors (Lipinski definition) is 0. The Morgan fingerprint density at radius 1 is 1.46 bits per heavy atom. The summed E-state index contributed by atoms with van der Waals surface area (Å²) in [5, 5.41) is 0.393. The summed E-state index contributed by atoms with van der Waals surface area (Å²) < 4.78 is 4.60. The van der Waals surface area contributed by atoms with Crippen molar-refractivity contribution in [1.29, 1.82) is 0 Å². The van der Waals surface area contributed by atoms with Crippen LogP contribution in [0.1, 0.15) is 39.5 Å². The molecule has 0 amide bonds. The third kappa shape index (κ3) is 8.16. The zero-order valence-corrected chi connectivity index (χ0v) is 9.65. The Balaban J connectivity index is 3.29. The van der Waals surface area contributed by atoms with Gasteiger partial charge in [-0.05, 0) is 12.2 Å². The van der Waals surface area contributed by atoms with Gasteiger partial charge in [-0.3, -0.25) is 4.79 Å². The number of ether oxygens (including phenoxy) is 1. The van der Waals surface area contributed by atoms with E-state index in [1.165, 1.54) is 26.4 Å². The van der Waals surface area contributed by atoms with E-state index in [9.17, 15) is 4.79 Å². The van der Waals surface area contributed by atoms with E-state index in [4.69, 9.17) is 0 Å². The van der Waals surface area contributed by atoms with Gasteiger partial charge in [0.25, 0.3) is 0 Å². The van der Waals surface area contributed by atoms with Gasteiger partial charge in [-0.2, -0.15) is 11.8 Å². The minimum absolute atomic E-state index is 0.101. The van der Waals surface area contributed by atoms with Crippen molar-refractivity contribution in [3.63, 3.8) is 0 Å². The molecule has 3 heteroatoms. The average molecular weight is 204 g/mol. The number of thioether (sulfide) groups is 1. The van der Waals surface area contributed by atoms with Crippen molar-refractivity contribution in [2.45, 2.75) is 44.8 Å². The monoisotopic (exact) mass is 204 g/mol. The van der Waals surface area contributed by atoms with Crippen LogP contribution in [-0.2, 0) is 9.53 Å². The summed E-state index contributed by atoms with van der Waals surface area (Å²) in [5.41, 5.74) is 0. The van der Waals surface area contributed by atoms with E-state index in [-0.39, 0.29) is 5.97 Å². The molecule has 0 rings (SSSR count). The lowest BCUT2D eigenvalue weighted by Gasteiger charge is -2.08. The van der Waals surface area contributed by atoms with E-state index < -0.39 is 0 Å². The molecule has 13 heavy (non-hydrogen) atoms. The van der Waals surface area contributed by atoms with Gasteiger partial charge in [0.05, 0.1) is 13.5 Å². The van der Waals surface area contributed by atoms with Gasteiger partial charge in [-0.1, -0.05) is 26.7 Å². The summed E-state index contributed by atoms with van der Waals surface area (Å²) in [6.07, 6.45) is 4.34. The molecule has 78 valence electrons. The quantitative estimate of drug-likeness (QED) is 0.471. The molecule has 0 saturated carbocycles. The van der Waals surface area contributed by atoms with E-state index in [0.29, 0.717) is 11.7 Å². The largest absolute Gasteiger partial charge is 0.469 e. The highest BCUT2D eigenvalue weighted by molar-refractivity contribution is 7.99. The first kappa shape index (κ1) is 12.8. The normalized spacial score (nSPS) is 12.5. The van der Waals surface area contributed by atoms with Crippen LogP contribution >= 0.6 is 11.8 Å². The second-order valence-electron chi connectivity index (χ2n) is 3.17. The van der Waals surface area contributed by atoms with Crippen LogP contribution in [0, 0.1) is 0 Å². The second-order valence-corrected chi connectivity index (χ2v) is 4.72. The predicted octanol–water partition coefficient (Wildman–Crippen LogP) is 2.86. The summed E-state index contributed by atoms with van der Waals surface area (Å²) in [6, 6.07) is 0. The van der Waals surface area contributed by atoms with Crippen LogP contribution in [0.2, 0.25) is 0 Å². The van der Waals surface area contributed by atoms with E-state index in [1.807, 2.05) is 11.8 Å². The van der Waals surface area contributed by atoms with Crippen LogP contribution in [0.3, 0.4) is 0 Å². The lowest BCUT2D eigenvalue weighted by Crippen LogP contribution is -2.08. The van der Waals surface area contributed by atoms with Gasteiger partial charge < -0.3 is 4.74 Å². The molecular weight excluding hydrogens is 184 g/mol. The molecule has 2 nitrogen and oxygen atoms in total. The standard InChI is InChI=1S/C10H20O2S/c1-4-5-6-7-13-9(2)8-10(11)12-3/h9H,4-8H2,1-3H3. The van der Waals surface area contributed by atoms with Gasteiger partial charge in [-0.25, -0.2) is 0 Å². The Bertz CT molecular complexity index is 137. The fourth-order valence-electron chi connectivity index (χ4n) is 1.01. The molecule has 1 atom stereocenters. The van der Waals surface area contributed by atoms with Crippen molar-refractivity contribution in [2.24, 2.45) is 0 Å². The fraction of sp³-hybridized carbons (Fsp3) is 0.900. The maximum atomic E-state index is 10.9. The van der Waals surface area contributed by atoms with Gasteiger partial charge in [0.2, 0.25) is 0 Å². The zero-order chi connectivity index (χ0) is 10.1. The lowest BCUT2D eigenvalue weighted by molar-refractivity contribution is -0.140. The molecular formula is C10H20O2S. The molecule has 0 fully saturated rings. The summed E-state index contributed by atoms with van der Waals surface area (Å²) in [7, 11) is 1.44. The third-order valence-corrected chi connectivity index (χ3v) is 3.09. The lowest BCUT2D eigenvalue weighted by atomic mass is 10.3. The molecule has 0 aliphatic carbocycles. The van der Waals surface area contributed by atoms with Crippen molar-refractivity contribution >= 4 is 17.7 Å². The van der Waals surface area contributed by atoms with Crippen molar-refractivity contribution in [3.8, 4) is 0 Å². The molecule has 1 unspecified atom stereocenters. The van der Waals surface area contributed by atoms with E-state index in [0.717, 1.165) is 5.75 Å². The van der Waals surface area contributed by atoms with Crippen LogP contribution in [0.5, 0.6) is 0 Å². The van der Waals surface area contributed by atoms with Gasteiger partial charge in [0.15, 0.2) is 0 Å². The highest BCUT2D eigenvalue weighted by Gasteiger charge is 2.08.